The van der Waals surface area contributed by atoms with Gasteiger partial charge in [0.1, 0.15) is 11.9 Å². The molecule has 34 heavy (non-hydrogen) atoms. The molecule has 3 aromatic rings. The zero-order valence-electron chi connectivity index (χ0n) is 18.8. The van der Waals surface area contributed by atoms with Gasteiger partial charge in [-0.15, -0.1) is 11.3 Å². The molecule has 8 heteroatoms. The number of rotatable bonds is 5. The van der Waals surface area contributed by atoms with Crippen LogP contribution in [0.1, 0.15) is 38.4 Å². The molecule has 176 valence electrons. The molecule has 2 aliphatic heterocycles. The maximum Gasteiger partial charge on any atom is 0.266 e. The van der Waals surface area contributed by atoms with Crippen molar-refractivity contribution >= 4 is 34.8 Å². The van der Waals surface area contributed by atoms with Crippen LogP contribution in [-0.4, -0.2) is 48.8 Å². The predicted molar refractivity (Wildman–Crippen MR) is 134 cm³/mol. The number of fused-ring (bicyclic) bond motifs is 1. The maximum absolute atomic E-state index is 13.8. The molecule has 2 aromatic carbocycles. The number of amides is 2. The minimum atomic E-state index is -0.835. The summed E-state index contributed by atoms with van der Waals surface area (Å²) in [4.78, 5) is 30.7. The first-order chi connectivity index (χ1) is 16.5. The van der Waals surface area contributed by atoms with E-state index in [1.807, 2.05) is 47.4 Å². The molecule has 0 aliphatic carbocycles. The summed E-state index contributed by atoms with van der Waals surface area (Å²) in [6.07, 6.45) is 1.55. The van der Waals surface area contributed by atoms with Crippen LogP contribution >= 0.6 is 22.9 Å². The van der Waals surface area contributed by atoms with E-state index in [4.69, 9.17) is 16.3 Å². The number of carbonyl (C=O) groups excluding carboxylic acids is 2. The van der Waals surface area contributed by atoms with Crippen molar-refractivity contribution in [1.29, 1.82) is 0 Å². The Morgan fingerprint density at radius 2 is 1.97 bits per heavy atom. The summed E-state index contributed by atoms with van der Waals surface area (Å²) in [6, 6.07) is 18.9. The Balaban J connectivity index is 1.47. The van der Waals surface area contributed by atoms with E-state index in [1.54, 1.807) is 19.2 Å². The normalized spacial score (nSPS) is 22.4. The topological polar surface area (TPSA) is 70.7 Å². The van der Waals surface area contributed by atoms with E-state index in [1.165, 1.54) is 11.3 Å². The van der Waals surface area contributed by atoms with Crippen LogP contribution in [0.4, 0.5) is 0 Å². The van der Waals surface area contributed by atoms with E-state index >= 15 is 0 Å². The van der Waals surface area contributed by atoms with Crippen LogP contribution < -0.4 is 10.6 Å². The van der Waals surface area contributed by atoms with Gasteiger partial charge in [-0.05, 0) is 47.9 Å². The van der Waals surface area contributed by atoms with Crippen LogP contribution in [-0.2, 0) is 11.2 Å². The summed E-state index contributed by atoms with van der Waals surface area (Å²) >= 11 is 7.54. The van der Waals surface area contributed by atoms with Crippen LogP contribution in [0.2, 0.25) is 5.02 Å². The second kappa shape index (κ2) is 9.50. The van der Waals surface area contributed by atoms with Crippen LogP contribution in [0.25, 0.3) is 10.4 Å². The minimum absolute atomic E-state index is 0.0448. The molecule has 2 unspecified atom stereocenters. The van der Waals surface area contributed by atoms with Gasteiger partial charge in [0.25, 0.3) is 11.8 Å². The van der Waals surface area contributed by atoms with Gasteiger partial charge in [0, 0.05) is 48.5 Å². The van der Waals surface area contributed by atoms with Gasteiger partial charge in [-0.3, -0.25) is 14.9 Å². The number of ether oxygens (including phenoxy) is 1. The second-order valence-electron chi connectivity index (χ2n) is 8.66. The van der Waals surface area contributed by atoms with Crippen LogP contribution in [0.5, 0.6) is 0 Å². The van der Waals surface area contributed by atoms with Crippen molar-refractivity contribution in [3.05, 3.63) is 81.7 Å². The van der Waals surface area contributed by atoms with Crippen molar-refractivity contribution in [2.45, 2.75) is 31.2 Å². The van der Waals surface area contributed by atoms with Gasteiger partial charge < -0.3 is 15.0 Å². The minimum Gasteiger partial charge on any atom is -0.366 e. The lowest BCUT2D eigenvalue weighted by Gasteiger charge is -2.49. The van der Waals surface area contributed by atoms with Gasteiger partial charge in [-0.1, -0.05) is 41.9 Å². The molecule has 2 atom stereocenters. The van der Waals surface area contributed by atoms with Crippen molar-refractivity contribution < 1.29 is 14.3 Å². The summed E-state index contributed by atoms with van der Waals surface area (Å²) in [7, 11) is 1.64. The quantitative estimate of drug-likeness (QED) is 0.545. The number of nitrogens with zero attached hydrogens (tertiary/aromatic N) is 1. The molecule has 3 heterocycles. The Labute approximate surface area is 207 Å². The molecule has 2 amide bonds. The highest BCUT2D eigenvalue weighted by atomic mass is 35.5. The lowest BCUT2D eigenvalue weighted by molar-refractivity contribution is -0.0390. The fourth-order valence-corrected chi connectivity index (χ4v) is 6.09. The summed E-state index contributed by atoms with van der Waals surface area (Å²) in [6.45, 7) is 1.17. The van der Waals surface area contributed by atoms with Crippen LogP contribution in [0, 0.1) is 0 Å². The lowest BCUT2D eigenvalue weighted by atomic mass is 9.91. The van der Waals surface area contributed by atoms with E-state index in [2.05, 4.69) is 16.7 Å². The van der Waals surface area contributed by atoms with Gasteiger partial charge in [0.15, 0.2) is 0 Å². The molecule has 6 nitrogen and oxygen atoms in total. The fraction of sp³-hybridized carbons (Fsp3) is 0.308. The highest BCUT2D eigenvalue weighted by Gasteiger charge is 2.47. The second-order valence-corrected chi connectivity index (χ2v) is 10.2. The first-order valence-electron chi connectivity index (χ1n) is 11.3. The number of thiophene rings is 1. The molecule has 0 bridgehead atoms. The highest BCUT2D eigenvalue weighted by Crippen LogP contribution is 2.38. The Bertz CT molecular complexity index is 1200. The first kappa shape index (κ1) is 23.1. The molecule has 0 saturated carbocycles. The van der Waals surface area contributed by atoms with Crippen molar-refractivity contribution in [3.63, 3.8) is 0 Å². The summed E-state index contributed by atoms with van der Waals surface area (Å²) < 4.78 is 5.59. The van der Waals surface area contributed by atoms with Crippen molar-refractivity contribution in [3.8, 4) is 10.4 Å². The zero-order chi connectivity index (χ0) is 23.7. The fourth-order valence-electron chi connectivity index (χ4n) is 4.80. The van der Waals surface area contributed by atoms with E-state index in [0.29, 0.717) is 36.5 Å². The molecule has 2 aliphatic rings. The third kappa shape index (κ3) is 4.36. The molecule has 5 rings (SSSR count). The third-order valence-electron chi connectivity index (χ3n) is 6.60. The molecular weight excluding hydrogens is 470 g/mol. The summed E-state index contributed by atoms with van der Waals surface area (Å²) in [5.41, 5.74) is 1.83. The van der Waals surface area contributed by atoms with Gasteiger partial charge in [0.05, 0.1) is 4.88 Å². The molecular formula is C26H26ClN3O3S. The number of nitrogens with one attached hydrogen (secondary N) is 2. The Hall–Kier alpha value is -2.71. The van der Waals surface area contributed by atoms with Gasteiger partial charge in [-0.2, -0.15) is 0 Å². The smallest absolute Gasteiger partial charge is 0.266 e. The largest absolute Gasteiger partial charge is 0.366 e. The van der Waals surface area contributed by atoms with E-state index < -0.39 is 5.66 Å². The molecule has 2 N–H and O–H groups in total. The third-order valence-corrected chi connectivity index (χ3v) is 8.07. The summed E-state index contributed by atoms with van der Waals surface area (Å²) in [5.74, 6) is -0.236. The van der Waals surface area contributed by atoms with E-state index in [0.717, 1.165) is 27.3 Å². The van der Waals surface area contributed by atoms with Crippen molar-refractivity contribution in [2.75, 3.05) is 20.2 Å². The Morgan fingerprint density at radius 3 is 2.71 bits per heavy atom. The molecule has 1 fully saturated rings. The van der Waals surface area contributed by atoms with E-state index in [-0.39, 0.29) is 18.0 Å². The van der Waals surface area contributed by atoms with E-state index in [9.17, 15) is 9.59 Å². The number of methoxy groups -OCH3 is 1. The van der Waals surface area contributed by atoms with Crippen molar-refractivity contribution in [1.82, 2.24) is 15.5 Å². The monoisotopic (exact) mass is 495 g/mol. The standard InChI is InChI=1S/C26H26ClN3O3S/c1-33-22-16-26(12-13-28-22,29-24(31)18-5-3-2-4-6-18)30-14-11-19-15-21(34-23(19)25(30)32)17-7-9-20(27)10-8-17/h2-10,15,22,28H,11-14,16H2,1H3,(H,29,31). The molecule has 0 spiro atoms. The Morgan fingerprint density at radius 1 is 1.21 bits per heavy atom. The predicted octanol–water partition coefficient (Wildman–Crippen LogP) is 4.55. The molecule has 1 aromatic heterocycles. The maximum atomic E-state index is 13.8. The molecule has 0 radical (unpaired) electrons. The Kier molecular flexibility index (Phi) is 6.44. The first-order valence-corrected chi connectivity index (χ1v) is 12.5. The summed E-state index contributed by atoms with van der Waals surface area (Å²) in [5, 5.41) is 7.23. The van der Waals surface area contributed by atoms with Crippen LogP contribution in [0.3, 0.4) is 0 Å². The van der Waals surface area contributed by atoms with Gasteiger partial charge in [-0.25, -0.2) is 0 Å². The molecule has 1 saturated heterocycles. The number of hydrogen-bond donors (Lipinski definition) is 2. The number of benzene rings is 2. The van der Waals surface area contributed by atoms with Crippen LogP contribution in [0.15, 0.2) is 60.7 Å². The number of piperidine rings is 1. The van der Waals surface area contributed by atoms with Crippen molar-refractivity contribution in [2.24, 2.45) is 0 Å². The average molecular weight is 496 g/mol. The van der Waals surface area contributed by atoms with Gasteiger partial charge in [0.2, 0.25) is 0 Å². The SMILES string of the molecule is COC1CC(NC(=O)c2ccccc2)(N2CCc3cc(-c4ccc(Cl)cc4)sc3C2=O)CCN1. The number of hydrogen-bond acceptors (Lipinski definition) is 5. The highest BCUT2D eigenvalue weighted by molar-refractivity contribution is 7.17. The zero-order valence-corrected chi connectivity index (χ0v) is 20.4. The lowest BCUT2D eigenvalue weighted by Crippen LogP contribution is -2.68. The average Bonchev–Trinajstić information content (AvgIpc) is 3.30. The number of halogens is 1. The van der Waals surface area contributed by atoms with Gasteiger partial charge >= 0.3 is 0 Å². The number of carbonyl (C=O) groups is 2.